The number of methoxy groups -OCH3 is 2. The molecule has 1 rings (SSSR count). The highest BCUT2D eigenvalue weighted by Gasteiger charge is 2.45. The Morgan fingerprint density at radius 3 is 2.06 bits per heavy atom. The number of ether oxygens (including phenoxy) is 3. The predicted octanol–water partition coefficient (Wildman–Crippen LogP) is 6.55. The number of urea groups is 1. The number of allylic oxidation sites excluding steroid dienone is 1. The van der Waals surface area contributed by atoms with Crippen molar-refractivity contribution >= 4 is 23.8 Å². The summed E-state index contributed by atoms with van der Waals surface area (Å²) < 4.78 is 15.6. The van der Waals surface area contributed by atoms with Gasteiger partial charge >= 0.3 is 18.0 Å². The van der Waals surface area contributed by atoms with E-state index in [2.05, 4.69) is 19.2 Å². The van der Waals surface area contributed by atoms with Crippen LogP contribution in [0.25, 0.3) is 0 Å². The van der Waals surface area contributed by atoms with Gasteiger partial charge in [0.2, 0.25) is 5.72 Å². The van der Waals surface area contributed by atoms with Gasteiger partial charge in [-0.15, -0.1) is 0 Å². The van der Waals surface area contributed by atoms with Crippen LogP contribution in [0.3, 0.4) is 0 Å². The van der Waals surface area contributed by atoms with Crippen LogP contribution in [-0.4, -0.2) is 78.1 Å². The number of rotatable bonds is 27. The number of carboxylic acid groups (broad SMARTS) is 1. The molecule has 1 aromatic carbocycles. The van der Waals surface area contributed by atoms with Crippen molar-refractivity contribution in [3.05, 3.63) is 42.1 Å². The Kier molecular flexibility index (Phi) is 21.8. The fourth-order valence-electron chi connectivity index (χ4n) is 4.95. The lowest BCUT2D eigenvalue weighted by molar-refractivity contribution is -0.175. The highest BCUT2D eigenvalue weighted by atomic mass is 16.5. The van der Waals surface area contributed by atoms with Crippen LogP contribution in [0.1, 0.15) is 116 Å². The second-order valence-electron chi connectivity index (χ2n) is 11.9. The maximum atomic E-state index is 13.5. The van der Waals surface area contributed by atoms with E-state index in [4.69, 9.17) is 14.2 Å². The van der Waals surface area contributed by atoms with Gasteiger partial charge in [0.1, 0.15) is 17.6 Å². The molecule has 0 heterocycles. The Bertz CT molecular complexity index is 1080. The zero-order valence-electron chi connectivity index (χ0n) is 29.0. The van der Waals surface area contributed by atoms with Gasteiger partial charge < -0.3 is 29.7 Å². The number of hydrogen-bond acceptors (Lipinski definition) is 8. The first-order chi connectivity index (χ1) is 22.6. The molecule has 1 aromatic rings. The van der Waals surface area contributed by atoms with Crippen LogP contribution < -0.4 is 10.1 Å². The van der Waals surface area contributed by atoms with Crippen molar-refractivity contribution < 1.29 is 43.6 Å². The number of ketones is 1. The molecular formula is C36H58N2O9. The molecular weight excluding hydrogens is 604 g/mol. The van der Waals surface area contributed by atoms with Gasteiger partial charge in [-0.3, -0.25) is 9.69 Å². The molecule has 11 heteroatoms. The Balaban J connectivity index is 2.85. The summed E-state index contributed by atoms with van der Waals surface area (Å²) in [7, 11) is 2.55. The van der Waals surface area contributed by atoms with Gasteiger partial charge in [0, 0.05) is 39.0 Å². The third-order valence-corrected chi connectivity index (χ3v) is 7.92. The number of esters is 1. The van der Waals surface area contributed by atoms with E-state index in [1.165, 1.54) is 39.7 Å². The molecule has 0 aromatic heterocycles. The van der Waals surface area contributed by atoms with Crippen LogP contribution >= 0.6 is 0 Å². The first kappa shape index (κ1) is 41.6. The fourth-order valence-corrected chi connectivity index (χ4v) is 4.95. The highest BCUT2D eigenvalue weighted by Crippen LogP contribution is 2.21. The molecule has 0 aliphatic heterocycles. The molecule has 2 amide bonds. The zero-order chi connectivity index (χ0) is 34.9. The van der Waals surface area contributed by atoms with Crippen molar-refractivity contribution in [1.29, 1.82) is 0 Å². The highest BCUT2D eigenvalue weighted by molar-refractivity contribution is 5.88. The van der Waals surface area contributed by atoms with Crippen molar-refractivity contribution in [3.8, 4) is 5.75 Å². The lowest BCUT2D eigenvalue weighted by Crippen LogP contribution is -2.60. The van der Waals surface area contributed by atoms with E-state index in [-0.39, 0.29) is 13.0 Å². The van der Waals surface area contributed by atoms with Crippen LogP contribution in [-0.2, 0) is 30.3 Å². The number of aliphatic carboxylic acids is 1. The van der Waals surface area contributed by atoms with Crippen molar-refractivity contribution in [2.45, 2.75) is 128 Å². The van der Waals surface area contributed by atoms with Gasteiger partial charge in [-0.2, -0.15) is 0 Å². The van der Waals surface area contributed by atoms with Crippen LogP contribution in [0.15, 0.2) is 36.5 Å². The molecule has 47 heavy (non-hydrogen) atoms. The predicted molar refractivity (Wildman–Crippen MR) is 181 cm³/mol. The minimum absolute atomic E-state index is 0.0656. The van der Waals surface area contributed by atoms with E-state index in [1.54, 1.807) is 30.3 Å². The van der Waals surface area contributed by atoms with Crippen LogP contribution in [0.2, 0.25) is 0 Å². The van der Waals surface area contributed by atoms with E-state index >= 15 is 0 Å². The number of carbonyl (C=O) groups is 4. The molecule has 0 aliphatic rings. The van der Waals surface area contributed by atoms with Gasteiger partial charge in [-0.1, -0.05) is 77.0 Å². The summed E-state index contributed by atoms with van der Waals surface area (Å²) in [6.07, 6.45) is 15.2. The van der Waals surface area contributed by atoms with E-state index in [9.17, 15) is 29.4 Å². The summed E-state index contributed by atoms with van der Waals surface area (Å²) in [6, 6.07) is 4.96. The first-order valence-electron chi connectivity index (χ1n) is 17.1. The largest absolute Gasteiger partial charge is 0.494 e. The number of Topliss-reactive ketones (excluding diaryl/α,β-unsaturated/α-hetero) is 1. The molecule has 3 N–H and O–H groups in total. The third-order valence-electron chi connectivity index (χ3n) is 7.92. The number of hydrogen-bond donors (Lipinski definition) is 3. The van der Waals surface area contributed by atoms with Gasteiger partial charge in [0.15, 0.2) is 0 Å². The number of benzene rings is 1. The molecule has 0 fully saturated rings. The van der Waals surface area contributed by atoms with Crippen LogP contribution in [0.4, 0.5) is 4.79 Å². The summed E-state index contributed by atoms with van der Waals surface area (Å²) in [5.41, 5.74) is -1.92. The SMILES string of the molecule is CCCCCCCC(=O)CCCCCC/C=C/N(C(=O)N[C@@H](Cc1ccc(OCCCC)cc1)C(=O)OC)[C@@](O)(CCOC)C(=O)O. The average Bonchev–Trinajstić information content (AvgIpc) is 3.06. The van der Waals surface area contributed by atoms with E-state index < -0.39 is 36.2 Å². The Hall–Kier alpha value is -3.44. The maximum absolute atomic E-state index is 13.5. The molecule has 0 saturated carbocycles. The minimum atomic E-state index is -2.63. The molecule has 0 bridgehead atoms. The average molecular weight is 663 g/mol. The molecule has 0 radical (unpaired) electrons. The number of aliphatic hydroxyl groups is 1. The van der Waals surface area contributed by atoms with Crippen molar-refractivity contribution in [3.63, 3.8) is 0 Å². The topological polar surface area (TPSA) is 152 Å². The van der Waals surface area contributed by atoms with E-state index in [0.717, 1.165) is 51.4 Å². The lowest BCUT2D eigenvalue weighted by atomic mass is 10.0. The standard InChI is InChI=1S/C36H58N2O9/c1-5-7-9-12-15-18-30(39)19-16-13-10-11-14-17-25-38(36(44,34(41)42)24-27-45-3)35(43)37-32(33(40)46-4)28-29-20-22-31(23-21-29)47-26-8-6-2/h17,20-23,25,32,44H,5-16,18-19,24,26-28H2,1-4H3,(H,37,43)(H,41,42)/b25-17+/t32-,36+/m0/s1. The molecule has 0 spiro atoms. The smallest absolute Gasteiger partial charge is 0.357 e. The normalized spacial score (nSPS) is 13.1. The summed E-state index contributed by atoms with van der Waals surface area (Å²) in [4.78, 5) is 51.2. The molecule has 2 atom stereocenters. The quantitative estimate of drug-likeness (QED) is 0.0541. The summed E-state index contributed by atoms with van der Waals surface area (Å²) in [5, 5.41) is 23.7. The molecule has 0 unspecified atom stereocenters. The lowest BCUT2D eigenvalue weighted by Gasteiger charge is -2.34. The van der Waals surface area contributed by atoms with E-state index in [0.29, 0.717) is 47.9 Å². The van der Waals surface area contributed by atoms with Crippen LogP contribution in [0.5, 0.6) is 5.75 Å². The minimum Gasteiger partial charge on any atom is -0.494 e. The number of nitrogens with zero attached hydrogens (tertiary/aromatic N) is 1. The number of nitrogens with one attached hydrogen (secondary N) is 1. The van der Waals surface area contributed by atoms with Gasteiger partial charge in [-0.25, -0.2) is 14.4 Å². The Labute approximate surface area is 281 Å². The van der Waals surface area contributed by atoms with Gasteiger partial charge in [0.25, 0.3) is 0 Å². The molecule has 266 valence electrons. The second kappa shape index (κ2) is 24.7. The van der Waals surface area contributed by atoms with E-state index in [1.807, 2.05) is 0 Å². The fraction of sp³-hybridized carbons (Fsp3) is 0.667. The summed E-state index contributed by atoms with van der Waals surface area (Å²) in [6.45, 7) is 4.70. The second-order valence-corrected chi connectivity index (χ2v) is 11.9. The van der Waals surface area contributed by atoms with Crippen molar-refractivity contribution in [2.24, 2.45) is 0 Å². The number of unbranched alkanes of at least 4 members (excludes halogenated alkanes) is 9. The zero-order valence-corrected chi connectivity index (χ0v) is 29.0. The monoisotopic (exact) mass is 662 g/mol. The van der Waals surface area contributed by atoms with Crippen LogP contribution in [0, 0.1) is 0 Å². The Morgan fingerprint density at radius 1 is 0.872 bits per heavy atom. The first-order valence-corrected chi connectivity index (χ1v) is 17.1. The maximum Gasteiger partial charge on any atom is 0.357 e. The molecule has 11 nitrogen and oxygen atoms in total. The Morgan fingerprint density at radius 2 is 1.49 bits per heavy atom. The number of carboxylic acids is 1. The molecule has 0 saturated heterocycles. The van der Waals surface area contributed by atoms with Gasteiger partial charge in [-0.05, 0) is 49.8 Å². The summed E-state index contributed by atoms with van der Waals surface area (Å²) in [5.74, 6) is -1.37. The third kappa shape index (κ3) is 16.8. The number of carbonyl (C=O) groups excluding carboxylic acids is 3. The van der Waals surface area contributed by atoms with Crippen molar-refractivity contribution in [1.82, 2.24) is 10.2 Å². The summed E-state index contributed by atoms with van der Waals surface area (Å²) >= 11 is 0. The molecule has 0 aliphatic carbocycles. The van der Waals surface area contributed by atoms with Crippen molar-refractivity contribution in [2.75, 3.05) is 27.4 Å². The number of amides is 2. The van der Waals surface area contributed by atoms with Gasteiger partial charge in [0.05, 0.1) is 20.3 Å².